The van der Waals surface area contributed by atoms with Gasteiger partial charge in [0.25, 0.3) is 6.71 Å². The van der Waals surface area contributed by atoms with E-state index in [2.05, 4.69) is 109 Å². The monoisotopic (exact) mass is 665 g/mol. The molecule has 3 heterocycles. The second kappa shape index (κ2) is 11.4. The molecule has 0 saturated heterocycles. The molecule has 8 aromatic carbocycles. The molecule has 0 N–H and O–H groups in total. The quantitative estimate of drug-likeness (QED) is 0.171. The molecule has 4 heteroatoms. The lowest BCUT2D eigenvalue weighted by Gasteiger charge is -2.37. The SMILES string of the molecule is [2H]c1cc(-c2cccc(-c3cc4c5c(c3)Oc3cccc6c3B5c3c(cccc3O4)O6)c2)cc(-c2cc(-c3ccccc3)cc(-c3ccccc3)c2)c1. The average Bonchev–Trinajstić information content (AvgIpc) is 3.21. The van der Waals surface area contributed by atoms with E-state index in [9.17, 15) is 0 Å². The number of hydrogen-bond acceptors (Lipinski definition) is 3. The molecule has 0 radical (unpaired) electrons. The molecule has 52 heavy (non-hydrogen) atoms. The summed E-state index contributed by atoms with van der Waals surface area (Å²) in [5.74, 6) is 4.86. The van der Waals surface area contributed by atoms with E-state index in [1.807, 2.05) is 60.7 Å². The highest BCUT2D eigenvalue weighted by Gasteiger charge is 2.46. The van der Waals surface area contributed by atoms with Crippen LogP contribution in [0.2, 0.25) is 0 Å². The summed E-state index contributed by atoms with van der Waals surface area (Å²) in [5, 5.41) is 0. The summed E-state index contributed by atoms with van der Waals surface area (Å²) in [6.45, 7) is -0.0185. The Bertz CT molecular complexity index is 2640. The zero-order valence-corrected chi connectivity index (χ0v) is 28.0. The second-order valence-corrected chi connectivity index (χ2v) is 13.6. The lowest BCUT2D eigenvalue weighted by atomic mass is 9.34. The summed E-state index contributed by atoms with van der Waals surface area (Å²) in [6, 6.07) is 59.0. The third kappa shape index (κ3) is 4.62. The first kappa shape index (κ1) is 28.0. The molecule has 0 fully saturated rings. The van der Waals surface area contributed by atoms with Crippen molar-refractivity contribution in [2.75, 3.05) is 0 Å². The lowest BCUT2D eigenvalue weighted by molar-refractivity contribution is 0.443. The molecule has 0 bridgehead atoms. The van der Waals surface area contributed by atoms with Crippen LogP contribution in [0.15, 0.2) is 176 Å². The largest absolute Gasteiger partial charge is 0.458 e. The minimum atomic E-state index is -0.0185. The molecule has 0 aliphatic carbocycles. The van der Waals surface area contributed by atoms with Crippen LogP contribution in [0.5, 0.6) is 34.5 Å². The highest BCUT2D eigenvalue weighted by Crippen LogP contribution is 2.44. The summed E-state index contributed by atoms with van der Waals surface area (Å²) >= 11 is 0. The maximum atomic E-state index is 8.91. The molecule has 0 saturated carbocycles. The summed E-state index contributed by atoms with van der Waals surface area (Å²) < 4.78 is 28.4. The predicted octanol–water partition coefficient (Wildman–Crippen LogP) is 10.9. The Hall–Kier alpha value is -6.78. The first-order chi connectivity index (χ1) is 26.1. The summed E-state index contributed by atoms with van der Waals surface area (Å²) in [7, 11) is 0. The van der Waals surface area contributed by atoms with Crippen molar-refractivity contribution in [3.8, 4) is 90.1 Å². The summed E-state index contributed by atoms with van der Waals surface area (Å²) in [4.78, 5) is 0. The van der Waals surface area contributed by atoms with Crippen LogP contribution in [0.3, 0.4) is 0 Å². The number of hydrogen-bond donors (Lipinski definition) is 0. The zero-order valence-electron chi connectivity index (χ0n) is 29.0. The third-order valence-electron chi connectivity index (χ3n) is 10.5. The van der Waals surface area contributed by atoms with Crippen LogP contribution in [0, 0.1) is 0 Å². The lowest BCUT2D eigenvalue weighted by Crippen LogP contribution is -2.59. The molecule has 0 amide bonds. The molecule has 0 atom stereocenters. The van der Waals surface area contributed by atoms with Crippen LogP contribution in [0.4, 0.5) is 0 Å². The van der Waals surface area contributed by atoms with Crippen molar-refractivity contribution in [2.24, 2.45) is 0 Å². The van der Waals surface area contributed by atoms with Crippen molar-refractivity contribution in [1.29, 1.82) is 0 Å². The van der Waals surface area contributed by atoms with E-state index in [1.54, 1.807) is 0 Å². The fourth-order valence-electron chi connectivity index (χ4n) is 8.05. The van der Waals surface area contributed by atoms with E-state index in [1.165, 1.54) is 0 Å². The molecule has 11 rings (SSSR count). The fourth-order valence-corrected chi connectivity index (χ4v) is 8.05. The van der Waals surface area contributed by atoms with Gasteiger partial charge in [-0.2, -0.15) is 0 Å². The van der Waals surface area contributed by atoms with Gasteiger partial charge in [0.15, 0.2) is 0 Å². The van der Waals surface area contributed by atoms with Crippen molar-refractivity contribution in [3.05, 3.63) is 176 Å². The third-order valence-corrected chi connectivity index (χ3v) is 10.5. The number of rotatable bonds is 5. The van der Waals surface area contributed by atoms with Gasteiger partial charge in [-0.1, -0.05) is 109 Å². The van der Waals surface area contributed by atoms with E-state index in [4.69, 9.17) is 15.6 Å². The van der Waals surface area contributed by atoms with Crippen molar-refractivity contribution >= 4 is 23.1 Å². The minimum Gasteiger partial charge on any atom is -0.458 e. The summed E-state index contributed by atoms with van der Waals surface area (Å²) in [6.07, 6.45) is 0. The molecule has 0 aromatic heterocycles. The number of ether oxygens (including phenoxy) is 3. The Kier molecular flexibility index (Phi) is 6.12. The summed E-state index contributed by atoms with van der Waals surface area (Å²) in [5.41, 5.74) is 13.8. The van der Waals surface area contributed by atoms with Crippen LogP contribution < -0.4 is 30.6 Å². The van der Waals surface area contributed by atoms with E-state index >= 15 is 0 Å². The molecule has 3 aliphatic heterocycles. The van der Waals surface area contributed by atoms with Gasteiger partial charge in [0.2, 0.25) is 0 Å². The van der Waals surface area contributed by atoms with E-state index < -0.39 is 0 Å². The molecule has 242 valence electrons. The number of benzene rings is 8. The molecule has 3 nitrogen and oxygen atoms in total. The minimum absolute atomic E-state index is 0.0185. The molecular weight excluding hydrogens is 635 g/mol. The molecule has 0 spiro atoms. The van der Waals surface area contributed by atoms with Gasteiger partial charge >= 0.3 is 0 Å². The highest BCUT2D eigenvalue weighted by molar-refractivity contribution is 6.99. The first-order valence-electron chi connectivity index (χ1n) is 18.1. The smallest absolute Gasteiger partial charge is 0.270 e. The van der Waals surface area contributed by atoms with Crippen LogP contribution in [-0.4, -0.2) is 6.71 Å². The topological polar surface area (TPSA) is 27.7 Å². The molecule has 3 aliphatic rings. The van der Waals surface area contributed by atoms with E-state index in [0.29, 0.717) is 6.04 Å². The van der Waals surface area contributed by atoms with Crippen molar-refractivity contribution < 1.29 is 15.6 Å². The average molecular weight is 666 g/mol. The molecule has 8 aromatic rings. The van der Waals surface area contributed by atoms with Gasteiger partial charge in [-0.05, 0) is 122 Å². The van der Waals surface area contributed by atoms with Gasteiger partial charge in [-0.3, -0.25) is 0 Å². The first-order valence-corrected chi connectivity index (χ1v) is 17.6. The Balaban J connectivity index is 1.01. The van der Waals surface area contributed by atoms with Crippen LogP contribution in [-0.2, 0) is 0 Å². The van der Waals surface area contributed by atoms with Gasteiger partial charge in [0.1, 0.15) is 34.5 Å². The predicted molar refractivity (Wildman–Crippen MR) is 211 cm³/mol. The Morgan fingerprint density at radius 3 is 1.13 bits per heavy atom. The van der Waals surface area contributed by atoms with Crippen molar-refractivity contribution in [1.82, 2.24) is 0 Å². The Morgan fingerprint density at radius 1 is 0.288 bits per heavy atom. The molecular formula is C48H29BO3. The van der Waals surface area contributed by atoms with Gasteiger partial charge in [-0.15, -0.1) is 0 Å². The zero-order chi connectivity index (χ0) is 35.0. The Labute approximate surface area is 303 Å². The second-order valence-electron chi connectivity index (χ2n) is 13.6. The van der Waals surface area contributed by atoms with Crippen LogP contribution >= 0.6 is 0 Å². The van der Waals surface area contributed by atoms with Gasteiger partial charge in [-0.25, -0.2) is 0 Å². The fraction of sp³-hybridized carbons (Fsp3) is 0. The van der Waals surface area contributed by atoms with Crippen LogP contribution in [0.1, 0.15) is 1.37 Å². The maximum Gasteiger partial charge on any atom is 0.270 e. The van der Waals surface area contributed by atoms with E-state index in [-0.39, 0.29) is 6.71 Å². The van der Waals surface area contributed by atoms with Crippen LogP contribution in [0.25, 0.3) is 55.6 Å². The maximum absolute atomic E-state index is 8.91. The van der Waals surface area contributed by atoms with Gasteiger partial charge in [0.05, 0.1) is 1.37 Å². The van der Waals surface area contributed by atoms with Crippen molar-refractivity contribution in [2.45, 2.75) is 0 Å². The van der Waals surface area contributed by atoms with Gasteiger partial charge < -0.3 is 14.2 Å². The standard InChI is InChI=1S/C48H29BO3/c1-3-11-30(12-4-1)36-25-37(31-13-5-2-6-14-31)27-38(26-36)34-17-7-15-32(23-34)33-16-8-18-35(24-33)39-28-44-48-45(29-39)52-43-22-10-20-41-47(43)49(48)46-40(50-41)19-9-21-42(46)51-44/h1-29H/i7D. The highest BCUT2D eigenvalue weighted by atomic mass is 16.5. The van der Waals surface area contributed by atoms with E-state index in [0.717, 1.165) is 107 Å². The Morgan fingerprint density at radius 2 is 0.615 bits per heavy atom. The van der Waals surface area contributed by atoms with Crippen molar-refractivity contribution in [3.63, 3.8) is 0 Å². The van der Waals surface area contributed by atoms with Gasteiger partial charge in [0, 0.05) is 16.4 Å². The normalized spacial score (nSPS) is 12.9. The molecule has 0 unspecified atom stereocenters.